The van der Waals surface area contributed by atoms with Gasteiger partial charge in [-0.25, -0.2) is 9.97 Å². The molecule has 0 fully saturated rings. The standard InChI is InChI=1S/C35H41N17O7S2/c1-8-49-21-12-10-9-11-19(21)38-31(49)45-43-23-25(34(2,3)4)47-51(27(23)36)29-40-30(42-33(53)41-29)52-28(37)24(26(48-52)35(5,6)7)44-46-32-39-20-14-13-18(61(57,58)59)17-22(20)50(32)15-16-60(54,55)56/h9-14,17H,8,15-16,36-37H2,1-7H3,(H,54,55,56)(H,57,58,59)(H,40,41,42,53). The van der Waals surface area contributed by atoms with E-state index >= 15 is 0 Å². The molecule has 2 aromatic carbocycles. The van der Waals surface area contributed by atoms with Gasteiger partial charge in [0.25, 0.3) is 38.1 Å². The van der Waals surface area contributed by atoms with Crippen LogP contribution in [0.15, 0.2) is 67.8 Å². The molecule has 26 heteroatoms. The van der Waals surface area contributed by atoms with Gasteiger partial charge in [0.05, 0.1) is 44.1 Å². The van der Waals surface area contributed by atoms with Crippen LogP contribution in [0.5, 0.6) is 6.01 Å². The van der Waals surface area contributed by atoms with Crippen molar-refractivity contribution >= 4 is 77.2 Å². The first-order valence-corrected chi connectivity index (χ1v) is 21.4. The average Bonchev–Trinajstić information content (AvgIpc) is 3.90. The Hall–Kier alpha value is -6.77. The molecular formula is C35H41N17O7S2. The van der Waals surface area contributed by atoms with Gasteiger partial charge in [0.1, 0.15) is 0 Å². The second-order valence-electron chi connectivity index (χ2n) is 15.7. The number of azo groups is 2. The van der Waals surface area contributed by atoms with Crippen molar-refractivity contribution in [3.05, 3.63) is 53.9 Å². The Bertz CT molecular complexity index is 3150. The molecule has 0 saturated carbocycles. The van der Waals surface area contributed by atoms with Crippen molar-refractivity contribution in [1.82, 2.24) is 53.6 Å². The summed E-state index contributed by atoms with van der Waals surface area (Å²) in [4.78, 5) is 21.1. The maximum atomic E-state index is 11.9. The van der Waals surface area contributed by atoms with Gasteiger partial charge in [-0.2, -0.15) is 51.3 Å². The Morgan fingerprint density at radius 3 is 1.67 bits per heavy atom. The molecule has 0 saturated heterocycles. The van der Waals surface area contributed by atoms with Crippen LogP contribution < -0.4 is 11.5 Å². The van der Waals surface area contributed by atoms with Crippen LogP contribution in [0.4, 0.5) is 34.9 Å². The molecular weight excluding hydrogens is 835 g/mol. The number of aromatic nitrogens is 11. The number of rotatable bonds is 11. The predicted octanol–water partition coefficient (Wildman–Crippen LogP) is 5.39. The largest absolute Gasteiger partial charge is 0.479 e. The van der Waals surface area contributed by atoms with Crippen LogP contribution in [0.25, 0.3) is 34.0 Å². The van der Waals surface area contributed by atoms with Gasteiger partial charge in [-0.1, -0.05) is 53.7 Å². The van der Waals surface area contributed by atoms with E-state index in [-0.39, 0.29) is 57.6 Å². The number of hydrogen-bond donors (Lipinski definition) is 5. The highest BCUT2D eigenvalue weighted by Gasteiger charge is 2.31. The fourth-order valence-electron chi connectivity index (χ4n) is 6.29. The zero-order chi connectivity index (χ0) is 44.4. The Morgan fingerprint density at radius 2 is 1.18 bits per heavy atom. The van der Waals surface area contributed by atoms with Crippen molar-refractivity contribution in [1.29, 1.82) is 0 Å². The van der Waals surface area contributed by atoms with Gasteiger partial charge in [-0.15, -0.1) is 20.5 Å². The van der Waals surface area contributed by atoms with E-state index in [1.165, 1.54) is 15.3 Å². The minimum atomic E-state index is -4.65. The Balaban J connectivity index is 1.32. The molecule has 0 aliphatic heterocycles. The summed E-state index contributed by atoms with van der Waals surface area (Å²) in [5.41, 5.74) is 14.7. The van der Waals surface area contributed by atoms with Crippen LogP contribution >= 0.6 is 0 Å². The third kappa shape index (κ3) is 8.37. The third-order valence-electron chi connectivity index (χ3n) is 9.19. The number of aryl methyl sites for hydroxylation is 2. The van der Waals surface area contributed by atoms with E-state index in [2.05, 4.69) is 55.6 Å². The lowest BCUT2D eigenvalue weighted by molar-refractivity contribution is 0.423. The van der Waals surface area contributed by atoms with E-state index in [1.807, 2.05) is 77.3 Å². The summed E-state index contributed by atoms with van der Waals surface area (Å²) in [6, 6.07) is 10.3. The Kier molecular flexibility index (Phi) is 10.4. The number of nitrogen functional groups attached to an aromatic ring is 2. The van der Waals surface area contributed by atoms with Crippen molar-refractivity contribution in [2.75, 3.05) is 17.2 Å². The van der Waals surface area contributed by atoms with Crippen molar-refractivity contribution in [3.8, 4) is 17.9 Å². The smallest absolute Gasteiger partial charge is 0.320 e. The van der Waals surface area contributed by atoms with Gasteiger partial charge in [0.15, 0.2) is 23.0 Å². The van der Waals surface area contributed by atoms with E-state index in [0.29, 0.717) is 18.2 Å². The maximum absolute atomic E-state index is 11.9. The summed E-state index contributed by atoms with van der Waals surface area (Å²) in [7, 11) is -9.16. The van der Waals surface area contributed by atoms with Crippen molar-refractivity contribution in [2.24, 2.45) is 20.5 Å². The second-order valence-corrected chi connectivity index (χ2v) is 18.7. The summed E-state index contributed by atoms with van der Waals surface area (Å²) in [5, 5.41) is 37.7. The van der Waals surface area contributed by atoms with Crippen LogP contribution in [0.1, 0.15) is 59.9 Å². The molecule has 61 heavy (non-hydrogen) atoms. The molecule has 0 unspecified atom stereocenters. The maximum Gasteiger partial charge on any atom is 0.320 e. The van der Waals surface area contributed by atoms with Crippen LogP contribution in [-0.2, 0) is 44.2 Å². The highest BCUT2D eigenvalue weighted by Crippen LogP contribution is 2.40. The molecule has 5 aromatic heterocycles. The molecule has 0 spiro atoms. The molecule has 0 amide bonds. The molecule has 0 aliphatic carbocycles. The summed E-state index contributed by atoms with van der Waals surface area (Å²) < 4.78 is 71.7. The van der Waals surface area contributed by atoms with Gasteiger partial charge in [-0.05, 0) is 37.3 Å². The molecule has 24 nitrogen and oxygen atoms in total. The molecule has 0 bridgehead atoms. The number of anilines is 2. The first-order chi connectivity index (χ1) is 28.4. The van der Waals surface area contributed by atoms with Crippen molar-refractivity contribution in [2.45, 2.75) is 77.3 Å². The van der Waals surface area contributed by atoms with Gasteiger partial charge >= 0.3 is 6.01 Å². The first kappa shape index (κ1) is 42.4. The van der Waals surface area contributed by atoms with Gasteiger partial charge in [0.2, 0.25) is 5.95 Å². The minimum Gasteiger partial charge on any atom is -0.479 e. The quantitative estimate of drug-likeness (QED) is 0.0803. The number of nitrogens with zero attached hydrogens (tertiary/aromatic N) is 15. The lowest BCUT2D eigenvalue weighted by Crippen LogP contribution is -2.16. The minimum absolute atomic E-state index is 0.00961. The number of nitrogens with two attached hydrogens (primary N) is 2. The second kappa shape index (κ2) is 15.0. The van der Waals surface area contributed by atoms with Crippen LogP contribution in [0.2, 0.25) is 0 Å². The van der Waals surface area contributed by atoms with Gasteiger partial charge in [0, 0.05) is 23.9 Å². The molecule has 0 atom stereocenters. The van der Waals surface area contributed by atoms with E-state index in [1.54, 1.807) is 0 Å². The van der Waals surface area contributed by atoms with E-state index < -0.39 is 54.3 Å². The molecule has 320 valence electrons. The zero-order valence-corrected chi connectivity index (χ0v) is 35.4. The number of para-hydroxylation sites is 2. The van der Waals surface area contributed by atoms with Gasteiger partial charge in [-0.3, -0.25) is 9.11 Å². The number of imidazole rings is 2. The normalized spacial score (nSPS) is 13.2. The van der Waals surface area contributed by atoms with E-state index in [9.17, 15) is 31.0 Å². The highest BCUT2D eigenvalue weighted by atomic mass is 32.2. The van der Waals surface area contributed by atoms with Crippen molar-refractivity contribution < 1.29 is 31.0 Å². The first-order valence-electron chi connectivity index (χ1n) is 18.4. The van der Waals surface area contributed by atoms with Crippen LogP contribution in [-0.4, -0.2) is 90.4 Å². The topological polar surface area (TPSA) is 340 Å². The van der Waals surface area contributed by atoms with E-state index in [0.717, 1.165) is 27.8 Å². The molecule has 5 heterocycles. The lowest BCUT2D eigenvalue weighted by atomic mass is 9.91. The number of aromatic hydroxyl groups is 1. The number of hydrogen-bond acceptors (Lipinski definition) is 18. The van der Waals surface area contributed by atoms with Gasteiger partial charge < -0.3 is 25.7 Å². The molecule has 7 N–H and O–H groups in total. The molecule has 7 rings (SSSR count). The summed E-state index contributed by atoms with van der Waals surface area (Å²) in [6.45, 7) is 13.3. The molecule has 0 aliphatic rings. The monoisotopic (exact) mass is 875 g/mol. The highest BCUT2D eigenvalue weighted by molar-refractivity contribution is 7.86. The summed E-state index contributed by atoms with van der Waals surface area (Å²) in [5.74, 6) is -1.30. The molecule has 7 aromatic rings. The number of fused-ring (bicyclic) bond motifs is 2. The fourth-order valence-corrected chi connectivity index (χ4v) is 7.20. The van der Waals surface area contributed by atoms with Crippen molar-refractivity contribution in [3.63, 3.8) is 0 Å². The van der Waals surface area contributed by atoms with E-state index in [4.69, 9.17) is 11.5 Å². The fraction of sp³-hybridized carbons (Fsp3) is 0.343. The zero-order valence-electron chi connectivity index (χ0n) is 33.8. The SMILES string of the molecule is CCn1c(N=Nc2c(C(C)(C)C)nn(-c3nc(O)nc(-n4nc(C(C)(C)C)c(N=Nc5nc6ccc(S(=O)(=O)O)cc6n5CCS(=O)(=O)O)c4N)n3)c2N)nc2ccccc21. The Labute approximate surface area is 347 Å². The number of benzene rings is 2. The lowest BCUT2D eigenvalue weighted by Gasteiger charge is -2.15. The summed E-state index contributed by atoms with van der Waals surface area (Å²) in [6.07, 6.45) is 0. The van der Waals surface area contributed by atoms with Crippen LogP contribution in [0, 0.1) is 0 Å². The average molecular weight is 876 g/mol. The Morgan fingerprint density at radius 1 is 0.672 bits per heavy atom. The predicted molar refractivity (Wildman–Crippen MR) is 222 cm³/mol. The third-order valence-corrected chi connectivity index (χ3v) is 10.7. The molecule has 0 radical (unpaired) electrons. The van der Waals surface area contributed by atoms with Crippen LogP contribution in [0.3, 0.4) is 0 Å². The summed E-state index contributed by atoms with van der Waals surface area (Å²) >= 11 is 0.